The van der Waals surface area contributed by atoms with Gasteiger partial charge in [0, 0.05) is 37.1 Å². The Balaban J connectivity index is 1.24. The minimum atomic E-state index is -0.484. The van der Waals surface area contributed by atoms with Gasteiger partial charge >= 0.3 is 0 Å². The van der Waals surface area contributed by atoms with Crippen LogP contribution in [0.15, 0.2) is 36.9 Å². The van der Waals surface area contributed by atoms with Crippen LogP contribution in [0.4, 0.5) is 5.69 Å². The number of hydrogen-bond acceptors (Lipinski definition) is 6. The Morgan fingerprint density at radius 1 is 1.16 bits per heavy atom. The van der Waals surface area contributed by atoms with Crippen molar-refractivity contribution in [2.75, 3.05) is 11.9 Å². The number of hydrogen-bond donors (Lipinski definition) is 4. The number of aromatic nitrogens is 4. The largest absolute Gasteiger partial charge is 0.390 e. The molecule has 0 radical (unpaired) electrons. The van der Waals surface area contributed by atoms with Crippen LogP contribution in [-0.2, 0) is 6.42 Å². The molecule has 4 N–H and O–H groups in total. The van der Waals surface area contributed by atoms with E-state index in [2.05, 4.69) is 30.6 Å². The number of carbonyl (C=O) groups is 1. The minimum absolute atomic E-state index is 0.158. The first-order valence-electron chi connectivity index (χ1n) is 11.6. The van der Waals surface area contributed by atoms with E-state index in [0.29, 0.717) is 41.9 Å². The molecular weight excluding hydrogens is 404 g/mol. The number of aromatic amines is 1. The average Bonchev–Trinajstić information content (AvgIpc) is 3.25. The lowest BCUT2D eigenvalue weighted by molar-refractivity contribution is -0.129. The Labute approximate surface area is 186 Å². The molecule has 0 saturated heterocycles. The van der Waals surface area contributed by atoms with E-state index in [1.54, 1.807) is 18.7 Å². The highest BCUT2D eigenvalue weighted by molar-refractivity contribution is 6.05. The van der Waals surface area contributed by atoms with Crippen LogP contribution in [0.2, 0.25) is 0 Å². The number of anilines is 1. The van der Waals surface area contributed by atoms with E-state index in [0.717, 1.165) is 49.0 Å². The molecule has 4 aliphatic rings. The van der Waals surface area contributed by atoms with Gasteiger partial charge in [0.25, 0.3) is 5.91 Å². The van der Waals surface area contributed by atoms with Crippen molar-refractivity contribution in [2.45, 2.75) is 50.2 Å². The van der Waals surface area contributed by atoms with Gasteiger partial charge in [-0.2, -0.15) is 0 Å². The van der Waals surface area contributed by atoms with Gasteiger partial charge in [-0.05, 0) is 62.0 Å². The zero-order chi connectivity index (χ0) is 21.7. The summed E-state index contributed by atoms with van der Waals surface area (Å²) in [5, 5.41) is 17.7. The third kappa shape index (κ3) is 3.43. The van der Waals surface area contributed by atoms with E-state index in [-0.39, 0.29) is 11.9 Å². The number of nitrogens with one attached hydrogen (secondary N) is 3. The van der Waals surface area contributed by atoms with Gasteiger partial charge in [0.2, 0.25) is 0 Å². The molecule has 4 aliphatic carbocycles. The lowest BCUT2D eigenvalue weighted by Gasteiger charge is -2.58. The van der Waals surface area contributed by atoms with Crippen LogP contribution >= 0.6 is 0 Å². The van der Waals surface area contributed by atoms with Crippen molar-refractivity contribution in [3.63, 3.8) is 0 Å². The number of amides is 1. The first-order chi connectivity index (χ1) is 15.6. The molecule has 3 aromatic rings. The summed E-state index contributed by atoms with van der Waals surface area (Å²) in [5.74, 6) is 1.33. The predicted molar refractivity (Wildman–Crippen MR) is 120 cm³/mol. The highest BCUT2D eigenvalue weighted by Gasteiger charge is 2.54. The molecule has 0 spiro atoms. The van der Waals surface area contributed by atoms with Gasteiger partial charge in [0.05, 0.1) is 23.2 Å². The van der Waals surface area contributed by atoms with E-state index in [4.69, 9.17) is 0 Å². The van der Waals surface area contributed by atoms with Crippen LogP contribution in [-0.4, -0.2) is 49.1 Å². The van der Waals surface area contributed by atoms with Crippen molar-refractivity contribution in [2.24, 2.45) is 17.8 Å². The number of H-pyrrole nitrogens is 1. The minimum Gasteiger partial charge on any atom is -0.390 e. The van der Waals surface area contributed by atoms with Crippen molar-refractivity contribution in [3.05, 3.63) is 48.2 Å². The van der Waals surface area contributed by atoms with Gasteiger partial charge in [0.1, 0.15) is 5.52 Å². The highest BCUT2D eigenvalue weighted by Crippen LogP contribution is 2.56. The van der Waals surface area contributed by atoms with Gasteiger partial charge in [0.15, 0.2) is 5.65 Å². The van der Waals surface area contributed by atoms with Gasteiger partial charge in [-0.15, -0.1) is 0 Å². The summed E-state index contributed by atoms with van der Waals surface area (Å²) in [6.45, 7) is 0.500. The SMILES string of the molecule is O=C(NCCc1ccccn1)c1cnc2nc[nH]c2c1NC1C2CC3CC1CC(O)(C3)C2. The number of aliphatic hydroxyl groups is 1. The monoisotopic (exact) mass is 432 g/mol. The molecule has 166 valence electrons. The highest BCUT2D eigenvalue weighted by atomic mass is 16.3. The lowest BCUT2D eigenvalue weighted by Crippen LogP contribution is -2.59. The Morgan fingerprint density at radius 3 is 2.75 bits per heavy atom. The van der Waals surface area contributed by atoms with Gasteiger partial charge in [-0.1, -0.05) is 6.07 Å². The second-order valence-electron chi connectivity index (χ2n) is 9.84. The van der Waals surface area contributed by atoms with Crippen molar-refractivity contribution in [1.82, 2.24) is 25.3 Å². The number of nitrogens with zero attached hydrogens (tertiary/aromatic N) is 3. The molecule has 32 heavy (non-hydrogen) atoms. The van der Waals surface area contributed by atoms with Crippen LogP contribution in [0.1, 0.15) is 48.2 Å². The molecule has 8 heteroatoms. The van der Waals surface area contributed by atoms with Crippen molar-refractivity contribution < 1.29 is 9.90 Å². The molecule has 3 aromatic heterocycles. The van der Waals surface area contributed by atoms with E-state index in [1.807, 2.05) is 18.2 Å². The standard InChI is InChI=1S/C24H28N6O2/c31-23(26-6-4-17-3-1-2-5-25-17)18-12-27-22-21(28-13-29-22)20(18)30-19-15-7-14-8-16(19)11-24(32,9-14)10-15/h1-3,5,12-16,19,32H,4,6-11H2,(H,26,31)(H2,27,28,29,30). The molecular formula is C24H28N6O2. The van der Waals surface area contributed by atoms with Gasteiger partial charge in [-0.3, -0.25) is 9.78 Å². The van der Waals surface area contributed by atoms with Crippen molar-refractivity contribution >= 4 is 22.8 Å². The Kier molecular flexibility index (Phi) is 4.64. The number of fused-ring (bicyclic) bond motifs is 1. The smallest absolute Gasteiger partial charge is 0.255 e. The van der Waals surface area contributed by atoms with Gasteiger partial charge in [-0.25, -0.2) is 9.97 Å². The van der Waals surface area contributed by atoms with E-state index < -0.39 is 5.60 Å². The molecule has 4 bridgehead atoms. The van der Waals surface area contributed by atoms with E-state index in [1.165, 1.54) is 0 Å². The van der Waals surface area contributed by atoms with Crippen LogP contribution in [0.3, 0.4) is 0 Å². The number of pyridine rings is 2. The van der Waals surface area contributed by atoms with Crippen LogP contribution < -0.4 is 10.6 Å². The summed E-state index contributed by atoms with van der Waals surface area (Å²) in [4.78, 5) is 29.3. The van der Waals surface area contributed by atoms with E-state index >= 15 is 0 Å². The van der Waals surface area contributed by atoms with Crippen molar-refractivity contribution in [1.29, 1.82) is 0 Å². The Bertz CT molecular complexity index is 1130. The first-order valence-corrected chi connectivity index (χ1v) is 11.6. The van der Waals surface area contributed by atoms with E-state index in [9.17, 15) is 9.90 Å². The second-order valence-corrected chi connectivity index (χ2v) is 9.84. The van der Waals surface area contributed by atoms with Gasteiger partial charge < -0.3 is 20.7 Å². The molecule has 8 nitrogen and oxygen atoms in total. The van der Waals surface area contributed by atoms with Crippen molar-refractivity contribution in [3.8, 4) is 0 Å². The fraction of sp³-hybridized carbons (Fsp3) is 0.500. The molecule has 1 amide bonds. The van der Waals surface area contributed by atoms with Crippen LogP contribution in [0, 0.1) is 17.8 Å². The average molecular weight is 433 g/mol. The molecule has 0 aliphatic heterocycles. The zero-order valence-corrected chi connectivity index (χ0v) is 17.9. The third-order valence-electron chi connectivity index (χ3n) is 7.64. The van der Waals surface area contributed by atoms with Crippen LogP contribution in [0.25, 0.3) is 11.2 Å². The summed E-state index contributed by atoms with van der Waals surface area (Å²) >= 11 is 0. The summed E-state index contributed by atoms with van der Waals surface area (Å²) in [6, 6.07) is 6.04. The maximum absolute atomic E-state index is 13.1. The Morgan fingerprint density at radius 2 is 2.00 bits per heavy atom. The summed E-state index contributed by atoms with van der Waals surface area (Å²) < 4.78 is 0. The van der Waals surface area contributed by atoms with Crippen LogP contribution in [0.5, 0.6) is 0 Å². The molecule has 2 unspecified atom stereocenters. The Hall–Kier alpha value is -3.00. The molecule has 2 atom stereocenters. The third-order valence-corrected chi connectivity index (χ3v) is 7.64. The summed E-state index contributed by atoms with van der Waals surface area (Å²) in [6.07, 6.45) is 10.6. The molecule has 4 saturated carbocycles. The number of carbonyl (C=O) groups excluding carboxylic acids is 1. The topological polar surface area (TPSA) is 116 Å². The predicted octanol–water partition coefficient (Wildman–Crippen LogP) is 2.68. The quantitative estimate of drug-likeness (QED) is 0.476. The fourth-order valence-corrected chi connectivity index (χ4v) is 6.54. The molecule has 3 heterocycles. The number of imidazole rings is 1. The molecule has 4 fully saturated rings. The lowest BCUT2D eigenvalue weighted by atomic mass is 9.52. The summed E-state index contributed by atoms with van der Waals surface area (Å²) in [5.41, 5.74) is 3.11. The fourth-order valence-electron chi connectivity index (χ4n) is 6.54. The summed E-state index contributed by atoms with van der Waals surface area (Å²) in [7, 11) is 0. The maximum Gasteiger partial charge on any atom is 0.255 e. The molecule has 7 rings (SSSR count). The first kappa shape index (κ1) is 19.7. The molecule has 0 aromatic carbocycles. The number of rotatable bonds is 6. The zero-order valence-electron chi connectivity index (χ0n) is 17.9. The normalized spacial score (nSPS) is 30.5. The maximum atomic E-state index is 13.1. The second kappa shape index (κ2) is 7.55.